The zero-order valence-corrected chi connectivity index (χ0v) is 11.4. The van der Waals surface area contributed by atoms with Crippen molar-refractivity contribution in [1.82, 2.24) is 5.32 Å². The molecule has 0 atom stereocenters. The minimum atomic E-state index is -3.30. The van der Waals surface area contributed by atoms with Crippen LogP contribution in [0.3, 0.4) is 0 Å². The highest BCUT2D eigenvalue weighted by Gasteiger charge is 2.13. The molecule has 1 aromatic rings. The van der Waals surface area contributed by atoms with E-state index < -0.39 is 9.84 Å². The summed E-state index contributed by atoms with van der Waals surface area (Å²) in [6.45, 7) is 2.75. The molecule has 0 aliphatic carbocycles. The van der Waals surface area contributed by atoms with Crippen molar-refractivity contribution >= 4 is 15.7 Å². The number of aryl methyl sites for hydroxylation is 1. The minimum Gasteiger partial charge on any atom is -0.352 e. The predicted octanol–water partition coefficient (Wildman–Crippen LogP) is 0.477. The summed E-state index contributed by atoms with van der Waals surface area (Å²) in [6, 6.07) is 4.54. The summed E-state index contributed by atoms with van der Waals surface area (Å²) in [6.07, 6.45) is 1.81. The number of hydrogen-bond acceptors (Lipinski definition) is 4. The molecule has 6 heteroatoms. The van der Waals surface area contributed by atoms with Gasteiger partial charge < -0.3 is 11.1 Å². The number of amides is 1. The second kappa shape index (κ2) is 5.97. The fraction of sp³-hybridized carbons (Fsp3) is 0.417. The van der Waals surface area contributed by atoms with E-state index in [-0.39, 0.29) is 10.8 Å². The number of nitrogens with one attached hydrogen (secondary N) is 1. The lowest BCUT2D eigenvalue weighted by Gasteiger charge is -2.08. The Morgan fingerprint density at radius 1 is 1.39 bits per heavy atom. The summed E-state index contributed by atoms with van der Waals surface area (Å²) in [5.41, 5.74) is 6.46. The zero-order valence-electron chi connectivity index (χ0n) is 10.6. The lowest BCUT2D eigenvalue weighted by molar-refractivity contribution is 0.0952. The minimum absolute atomic E-state index is 0.150. The summed E-state index contributed by atoms with van der Waals surface area (Å²) in [5.74, 6) is -0.272. The van der Waals surface area contributed by atoms with E-state index in [1.54, 1.807) is 13.0 Å². The van der Waals surface area contributed by atoms with Crippen LogP contribution in [0.5, 0.6) is 0 Å². The van der Waals surface area contributed by atoms with Gasteiger partial charge in [0.25, 0.3) is 5.91 Å². The van der Waals surface area contributed by atoms with Crippen molar-refractivity contribution in [2.24, 2.45) is 5.73 Å². The number of nitrogens with two attached hydrogens (primary N) is 1. The average Bonchev–Trinajstić information content (AvgIpc) is 2.28. The van der Waals surface area contributed by atoms with E-state index in [4.69, 9.17) is 5.73 Å². The monoisotopic (exact) mass is 270 g/mol. The maximum Gasteiger partial charge on any atom is 0.251 e. The molecule has 0 unspecified atom stereocenters. The van der Waals surface area contributed by atoms with Crippen LogP contribution < -0.4 is 11.1 Å². The first-order chi connectivity index (χ1) is 8.36. The Morgan fingerprint density at radius 3 is 2.61 bits per heavy atom. The number of sulfone groups is 1. The Hall–Kier alpha value is -1.40. The highest BCUT2D eigenvalue weighted by atomic mass is 32.2. The topological polar surface area (TPSA) is 89.3 Å². The van der Waals surface area contributed by atoms with Crippen LogP contribution in [-0.4, -0.2) is 33.7 Å². The van der Waals surface area contributed by atoms with Crippen LogP contribution in [-0.2, 0) is 9.84 Å². The smallest absolute Gasteiger partial charge is 0.251 e. The molecule has 0 heterocycles. The predicted molar refractivity (Wildman–Crippen MR) is 70.3 cm³/mol. The molecular weight excluding hydrogens is 252 g/mol. The summed E-state index contributed by atoms with van der Waals surface area (Å²) in [4.78, 5) is 12.0. The molecule has 18 heavy (non-hydrogen) atoms. The average molecular weight is 270 g/mol. The summed E-state index contributed by atoms with van der Waals surface area (Å²) in [5, 5.41) is 2.71. The maximum absolute atomic E-state index is 11.9. The first-order valence-corrected chi connectivity index (χ1v) is 7.54. The Kier molecular flexibility index (Phi) is 4.86. The van der Waals surface area contributed by atoms with Gasteiger partial charge in [0.2, 0.25) is 0 Å². The van der Waals surface area contributed by atoms with Crippen molar-refractivity contribution in [3.8, 4) is 0 Å². The van der Waals surface area contributed by atoms with Gasteiger partial charge in [0, 0.05) is 18.4 Å². The summed E-state index contributed by atoms with van der Waals surface area (Å²) in [7, 11) is -3.30. The molecule has 3 N–H and O–H groups in total. The fourth-order valence-electron chi connectivity index (χ4n) is 1.48. The molecular formula is C12H18N2O3S. The molecule has 0 aliphatic heterocycles. The van der Waals surface area contributed by atoms with E-state index in [1.165, 1.54) is 12.1 Å². The van der Waals surface area contributed by atoms with E-state index in [2.05, 4.69) is 5.32 Å². The van der Waals surface area contributed by atoms with E-state index in [0.29, 0.717) is 25.1 Å². The van der Waals surface area contributed by atoms with Gasteiger partial charge in [0.1, 0.15) is 0 Å². The Morgan fingerprint density at radius 2 is 2.06 bits per heavy atom. The van der Waals surface area contributed by atoms with Crippen molar-refractivity contribution in [2.75, 3.05) is 19.3 Å². The molecule has 0 radical (unpaired) electrons. The third-order valence-electron chi connectivity index (χ3n) is 2.55. The number of benzene rings is 1. The number of rotatable bonds is 5. The lowest BCUT2D eigenvalue weighted by atomic mass is 10.1. The van der Waals surface area contributed by atoms with Crippen molar-refractivity contribution in [3.63, 3.8) is 0 Å². The molecule has 0 fully saturated rings. The van der Waals surface area contributed by atoms with Gasteiger partial charge in [-0.05, 0) is 37.6 Å². The first kappa shape index (κ1) is 14.7. The molecule has 0 spiro atoms. The van der Waals surface area contributed by atoms with Gasteiger partial charge in [-0.2, -0.15) is 0 Å². The molecule has 1 amide bonds. The molecule has 0 saturated heterocycles. The van der Waals surface area contributed by atoms with Crippen molar-refractivity contribution in [1.29, 1.82) is 0 Å². The van der Waals surface area contributed by atoms with Gasteiger partial charge in [0.05, 0.1) is 4.90 Å². The Bertz CT molecular complexity index is 538. The van der Waals surface area contributed by atoms with Crippen LogP contribution in [0.15, 0.2) is 23.1 Å². The molecule has 0 saturated carbocycles. The number of carbonyl (C=O) groups is 1. The Balaban J connectivity index is 2.97. The van der Waals surface area contributed by atoms with E-state index >= 15 is 0 Å². The van der Waals surface area contributed by atoms with Gasteiger partial charge in [-0.3, -0.25) is 4.79 Å². The number of carbonyl (C=O) groups excluding carboxylic acids is 1. The van der Waals surface area contributed by atoms with Crippen LogP contribution in [0, 0.1) is 6.92 Å². The van der Waals surface area contributed by atoms with E-state index in [9.17, 15) is 13.2 Å². The van der Waals surface area contributed by atoms with Crippen molar-refractivity contribution < 1.29 is 13.2 Å². The van der Waals surface area contributed by atoms with Gasteiger partial charge in [-0.15, -0.1) is 0 Å². The zero-order chi connectivity index (χ0) is 13.8. The van der Waals surface area contributed by atoms with Gasteiger partial charge in [0.15, 0.2) is 9.84 Å². The van der Waals surface area contributed by atoms with Crippen LogP contribution >= 0.6 is 0 Å². The second-order valence-electron chi connectivity index (χ2n) is 4.15. The fourth-order valence-corrected chi connectivity index (χ4v) is 2.12. The molecule has 1 aromatic carbocycles. The van der Waals surface area contributed by atoms with Crippen molar-refractivity contribution in [3.05, 3.63) is 29.3 Å². The first-order valence-electron chi connectivity index (χ1n) is 5.65. The normalized spacial score (nSPS) is 11.3. The second-order valence-corrected chi connectivity index (χ2v) is 6.16. The van der Waals surface area contributed by atoms with Crippen molar-refractivity contribution in [2.45, 2.75) is 18.2 Å². The molecule has 0 aromatic heterocycles. The highest BCUT2D eigenvalue weighted by molar-refractivity contribution is 7.90. The van der Waals surface area contributed by atoms with Crippen LogP contribution in [0.1, 0.15) is 22.3 Å². The molecule has 5 nitrogen and oxygen atoms in total. The van der Waals surface area contributed by atoms with Gasteiger partial charge in [-0.1, -0.05) is 6.07 Å². The van der Waals surface area contributed by atoms with Gasteiger partial charge >= 0.3 is 0 Å². The Labute approximate surface area is 107 Å². The summed E-state index contributed by atoms with van der Waals surface area (Å²) >= 11 is 0. The maximum atomic E-state index is 11.9. The van der Waals surface area contributed by atoms with Crippen LogP contribution in [0.25, 0.3) is 0 Å². The largest absolute Gasteiger partial charge is 0.352 e. The van der Waals surface area contributed by atoms with E-state index in [1.807, 2.05) is 0 Å². The van der Waals surface area contributed by atoms with Crippen LogP contribution in [0.2, 0.25) is 0 Å². The van der Waals surface area contributed by atoms with E-state index in [0.717, 1.165) is 11.8 Å². The third-order valence-corrected chi connectivity index (χ3v) is 3.66. The number of hydrogen-bond donors (Lipinski definition) is 2. The molecule has 0 bridgehead atoms. The SMILES string of the molecule is Cc1ccc(S(C)(=O)=O)cc1C(=O)NCCCN. The summed E-state index contributed by atoms with van der Waals surface area (Å²) < 4.78 is 22.9. The van der Waals surface area contributed by atoms with Gasteiger partial charge in [-0.25, -0.2) is 8.42 Å². The van der Waals surface area contributed by atoms with Crippen LogP contribution in [0.4, 0.5) is 0 Å². The highest BCUT2D eigenvalue weighted by Crippen LogP contribution is 2.15. The lowest BCUT2D eigenvalue weighted by Crippen LogP contribution is -2.26. The standard InChI is InChI=1S/C12H18N2O3S/c1-9-4-5-10(18(2,16)17)8-11(9)12(15)14-7-3-6-13/h4-5,8H,3,6-7,13H2,1-2H3,(H,14,15). The molecule has 100 valence electrons. The molecule has 0 aliphatic rings. The third kappa shape index (κ3) is 3.82. The molecule has 1 rings (SSSR count). The quantitative estimate of drug-likeness (QED) is 0.761.